The zero-order chi connectivity index (χ0) is 19.6. The van der Waals surface area contributed by atoms with Gasteiger partial charge in [0.25, 0.3) is 0 Å². The third-order valence-corrected chi connectivity index (χ3v) is 5.10. The van der Waals surface area contributed by atoms with Crippen molar-refractivity contribution < 1.29 is 9.53 Å². The predicted octanol–water partition coefficient (Wildman–Crippen LogP) is 2.21. The van der Waals surface area contributed by atoms with Gasteiger partial charge in [-0.1, -0.05) is 35.5 Å². The minimum Gasteiger partial charge on any atom is -0.378 e. The van der Waals surface area contributed by atoms with Crippen molar-refractivity contribution in [2.75, 3.05) is 26.3 Å². The van der Waals surface area contributed by atoms with Crippen molar-refractivity contribution >= 4 is 16.8 Å². The Labute approximate surface area is 167 Å². The van der Waals surface area contributed by atoms with E-state index in [-0.39, 0.29) is 5.91 Å². The lowest BCUT2D eigenvalue weighted by Gasteiger charge is -2.26. The Hall–Kier alpha value is -3.52. The average Bonchev–Trinajstić information content (AvgIpc) is 3.42. The standard InChI is InChI=1S/C21H20N6O2/c28-20(26-8-10-29-11-9-26)13-15-4-3-5-16(12-15)27-14-19(23-25-27)21-17-6-1-2-7-18(17)22-24-21/h1-7,12,14H,8-11,13H2,(H,22,24). The maximum atomic E-state index is 12.5. The predicted molar refractivity (Wildman–Crippen MR) is 108 cm³/mol. The summed E-state index contributed by atoms with van der Waals surface area (Å²) in [5.41, 5.74) is 4.22. The number of carbonyl (C=O) groups excluding carboxylic acids is 1. The molecule has 1 saturated heterocycles. The Kier molecular flexibility index (Phi) is 4.53. The summed E-state index contributed by atoms with van der Waals surface area (Å²) in [7, 11) is 0. The van der Waals surface area contributed by atoms with E-state index in [2.05, 4.69) is 20.5 Å². The fraction of sp³-hybridized carbons (Fsp3) is 0.238. The van der Waals surface area contributed by atoms with Gasteiger partial charge in [-0.2, -0.15) is 5.10 Å². The van der Waals surface area contributed by atoms with Gasteiger partial charge in [0.15, 0.2) is 0 Å². The molecule has 1 fully saturated rings. The molecule has 2 aromatic carbocycles. The highest BCUT2D eigenvalue weighted by Gasteiger charge is 2.17. The van der Waals surface area contributed by atoms with Gasteiger partial charge in [0.2, 0.25) is 5.91 Å². The number of carbonyl (C=O) groups is 1. The number of nitrogens with zero attached hydrogens (tertiary/aromatic N) is 5. The van der Waals surface area contributed by atoms with Crippen molar-refractivity contribution in [3.8, 4) is 17.1 Å². The third kappa shape index (κ3) is 3.50. The number of para-hydroxylation sites is 1. The van der Waals surface area contributed by atoms with Crippen LogP contribution in [0.5, 0.6) is 0 Å². The molecule has 0 saturated carbocycles. The number of aromatic nitrogens is 5. The lowest BCUT2D eigenvalue weighted by atomic mass is 10.1. The second-order valence-corrected chi connectivity index (χ2v) is 7.01. The van der Waals surface area contributed by atoms with Crippen LogP contribution in [-0.4, -0.2) is 62.3 Å². The first kappa shape index (κ1) is 17.6. The Morgan fingerprint density at radius 2 is 1.97 bits per heavy atom. The molecule has 0 unspecified atom stereocenters. The highest BCUT2D eigenvalue weighted by atomic mass is 16.5. The average molecular weight is 388 g/mol. The molecule has 2 aromatic heterocycles. The fourth-order valence-electron chi connectivity index (χ4n) is 3.57. The molecule has 1 amide bonds. The molecule has 146 valence electrons. The van der Waals surface area contributed by atoms with Crippen molar-refractivity contribution in [1.82, 2.24) is 30.1 Å². The van der Waals surface area contributed by atoms with Crippen LogP contribution in [-0.2, 0) is 16.0 Å². The highest BCUT2D eigenvalue weighted by molar-refractivity contribution is 5.91. The van der Waals surface area contributed by atoms with Gasteiger partial charge in [-0.15, -0.1) is 5.10 Å². The Morgan fingerprint density at radius 3 is 2.86 bits per heavy atom. The van der Waals surface area contributed by atoms with E-state index in [9.17, 15) is 4.79 Å². The quantitative estimate of drug-likeness (QED) is 0.579. The lowest BCUT2D eigenvalue weighted by Crippen LogP contribution is -2.41. The van der Waals surface area contributed by atoms with Crippen LogP contribution < -0.4 is 0 Å². The smallest absolute Gasteiger partial charge is 0.227 e. The molecule has 8 heteroatoms. The molecular weight excluding hydrogens is 368 g/mol. The van der Waals surface area contributed by atoms with Crippen molar-refractivity contribution in [2.45, 2.75) is 6.42 Å². The van der Waals surface area contributed by atoms with Gasteiger partial charge in [0, 0.05) is 18.5 Å². The SMILES string of the molecule is O=C(Cc1cccc(-n2cc(-c3n[nH]c4ccccc34)nn2)c1)N1CCOCC1. The van der Waals surface area contributed by atoms with E-state index >= 15 is 0 Å². The van der Waals surface area contributed by atoms with Crippen molar-refractivity contribution in [3.05, 3.63) is 60.3 Å². The molecule has 0 bridgehead atoms. The van der Waals surface area contributed by atoms with E-state index in [4.69, 9.17) is 4.74 Å². The second kappa shape index (κ2) is 7.48. The number of fused-ring (bicyclic) bond motifs is 1. The molecule has 0 aliphatic carbocycles. The molecule has 3 heterocycles. The molecule has 4 aromatic rings. The van der Waals surface area contributed by atoms with Crippen molar-refractivity contribution in [1.29, 1.82) is 0 Å². The summed E-state index contributed by atoms with van der Waals surface area (Å²) in [5, 5.41) is 17.0. The first-order valence-electron chi connectivity index (χ1n) is 9.58. The zero-order valence-electron chi connectivity index (χ0n) is 15.8. The van der Waals surface area contributed by atoms with E-state index < -0.39 is 0 Å². The second-order valence-electron chi connectivity index (χ2n) is 7.01. The van der Waals surface area contributed by atoms with Gasteiger partial charge in [0.1, 0.15) is 11.4 Å². The number of benzene rings is 2. The molecule has 1 aliphatic heterocycles. The summed E-state index contributed by atoms with van der Waals surface area (Å²) in [4.78, 5) is 14.4. The molecule has 0 spiro atoms. The maximum Gasteiger partial charge on any atom is 0.227 e. The van der Waals surface area contributed by atoms with Crippen LogP contribution in [0.1, 0.15) is 5.56 Å². The van der Waals surface area contributed by atoms with Crippen molar-refractivity contribution in [3.63, 3.8) is 0 Å². The first-order valence-corrected chi connectivity index (χ1v) is 9.58. The molecule has 1 N–H and O–H groups in total. The Bertz CT molecular complexity index is 1160. The van der Waals surface area contributed by atoms with Crippen LogP contribution in [0.25, 0.3) is 28.0 Å². The van der Waals surface area contributed by atoms with Crippen LogP contribution in [0.4, 0.5) is 0 Å². The van der Waals surface area contributed by atoms with E-state index in [1.165, 1.54) is 0 Å². The minimum atomic E-state index is 0.118. The molecule has 0 radical (unpaired) electrons. The van der Waals surface area contributed by atoms with Gasteiger partial charge in [0.05, 0.1) is 37.0 Å². The van der Waals surface area contributed by atoms with Crippen LogP contribution in [0.15, 0.2) is 54.7 Å². The first-order chi connectivity index (χ1) is 14.3. The van der Waals surface area contributed by atoms with Crippen LogP contribution in [0.2, 0.25) is 0 Å². The van der Waals surface area contributed by atoms with Gasteiger partial charge in [-0.3, -0.25) is 9.89 Å². The monoisotopic (exact) mass is 388 g/mol. The fourth-order valence-corrected chi connectivity index (χ4v) is 3.57. The number of H-pyrrole nitrogens is 1. The summed E-state index contributed by atoms with van der Waals surface area (Å²) >= 11 is 0. The van der Waals surface area contributed by atoms with E-state index in [0.29, 0.717) is 38.4 Å². The van der Waals surface area contributed by atoms with Gasteiger partial charge >= 0.3 is 0 Å². The molecule has 8 nitrogen and oxygen atoms in total. The summed E-state index contributed by atoms with van der Waals surface area (Å²) in [6, 6.07) is 15.7. The number of hydrogen-bond donors (Lipinski definition) is 1. The lowest BCUT2D eigenvalue weighted by molar-refractivity contribution is -0.134. The minimum absolute atomic E-state index is 0.118. The molecule has 0 atom stereocenters. The van der Waals surface area contributed by atoms with Crippen LogP contribution in [0.3, 0.4) is 0 Å². The normalized spacial score (nSPS) is 14.4. The topological polar surface area (TPSA) is 88.9 Å². The molecule has 1 aliphatic rings. The number of rotatable bonds is 4. The summed E-state index contributed by atoms with van der Waals surface area (Å²) in [6.07, 6.45) is 2.21. The summed E-state index contributed by atoms with van der Waals surface area (Å²) < 4.78 is 7.03. The Morgan fingerprint density at radius 1 is 1.10 bits per heavy atom. The molecule has 29 heavy (non-hydrogen) atoms. The number of aromatic amines is 1. The van der Waals surface area contributed by atoms with Crippen LogP contribution >= 0.6 is 0 Å². The summed E-state index contributed by atoms with van der Waals surface area (Å²) in [5.74, 6) is 0.118. The highest BCUT2D eigenvalue weighted by Crippen LogP contribution is 2.24. The number of morpholine rings is 1. The van der Waals surface area contributed by atoms with E-state index in [1.54, 1.807) is 4.68 Å². The number of amides is 1. The largest absolute Gasteiger partial charge is 0.378 e. The Balaban J connectivity index is 1.38. The van der Waals surface area contributed by atoms with Crippen LogP contribution in [0, 0.1) is 0 Å². The maximum absolute atomic E-state index is 12.5. The number of hydrogen-bond acceptors (Lipinski definition) is 5. The zero-order valence-corrected chi connectivity index (χ0v) is 15.8. The van der Waals surface area contributed by atoms with E-state index in [0.717, 1.165) is 27.8 Å². The van der Waals surface area contributed by atoms with E-state index in [1.807, 2.05) is 59.6 Å². The summed E-state index contributed by atoms with van der Waals surface area (Å²) in [6.45, 7) is 2.52. The number of nitrogens with one attached hydrogen (secondary N) is 1. The third-order valence-electron chi connectivity index (χ3n) is 5.10. The van der Waals surface area contributed by atoms with Gasteiger partial charge < -0.3 is 9.64 Å². The molecular formula is C21H20N6O2. The van der Waals surface area contributed by atoms with Gasteiger partial charge in [-0.05, 0) is 23.8 Å². The number of ether oxygens (including phenoxy) is 1. The molecule has 5 rings (SSSR count). The van der Waals surface area contributed by atoms with Crippen molar-refractivity contribution in [2.24, 2.45) is 0 Å². The van der Waals surface area contributed by atoms with Gasteiger partial charge in [-0.25, -0.2) is 4.68 Å².